The number of sulfonamides is 1. The summed E-state index contributed by atoms with van der Waals surface area (Å²) in [7, 11) is 0.748. The lowest BCUT2D eigenvalue weighted by Crippen LogP contribution is -2.37. The summed E-state index contributed by atoms with van der Waals surface area (Å²) in [6, 6.07) is 14.2. The van der Waals surface area contributed by atoms with Crippen LogP contribution in [0.1, 0.15) is 49.4 Å². The fraction of sp³-hybridized carbons (Fsp3) is 0.467. The molecule has 1 N–H and O–H groups in total. The fourth-order valence-corrected chi connectivity index (χ4v) is 7.87. The third-order valence-electron chi connectivity index (χ3n) is 7.73. The van der Waals surface area contributed by atoms with Crippen LogP contribution in [0.4, 0.5) is 0 Å². The average molecular weight is 580 g/mol. The van der Waals surface area contributed by atoms with Gasteiger partial charge in [-0.1, -0.05) is 18.2 Å². The van der Waals surface area contributed by atoms with Gasteiger partial charge >= 0.3 is 0 Å². The second-order valence-electron chi connectivity index (χ2n) is 11.1. The summed E-state index contributed by atoms with van der Waals surface area (Å²) in [5, 5.41) is 10.4. The Morgan fingerprint density at radius 1 is 1.25 bits per heavy atom. The highest BCUT2D eigenvalue weighted by Gasteiger charge is 2.30. The summed E-state index contributed by atoms with van der Waals surface area (Å²) in [6.45, 7) is 6.29. The maximum absolute atomic E-state index is 13.0. The topological polar surface area (TPSA) is 98.6 Å². The van der Waals surface area contributed by atoms with Gasteiger partial charge in [0.2, 0.25) is 10.0 Å². The molecule has 1 saturated heterocycles. The van der Waals surface area contributed by atoms with E-state index in [1.807, 2.05) is 50.4 Å². The first-order valence-corrected chi connectivity index (χ1v) is 16.3. The number of nitriles is 1. The lowest BCUT2D eigenvalue weighted by atomic mass is 10.0. The Labute approximate surface area is 241 Å². The molecule has 212 valence electrons. The maximum atomic E-state index is 13.0. The Morgan fingerprint density at radius 2 is 2.08 bits per heavy atom. The molecule has 0 radical (unpaired) electrons. The van der Waals surface area contributed by atoms with E-state index in [0.717, 1.165) is 58.9 Å². The molecular formula is C30H37N5O3S2. The lowest BCUT2D eigenvalue weighted by Gasteiger charge is -2.21. The molecule has 3 aromatic rings. The molecule has 5 rings (SSSR count). The van der Waals surface area contributed by atoms with Gasteiger partial charge in [-0.05, 0) is 88.6 Å². The van der Waals surface area contributed by atoms with Gasteiger partial charge in [-0.2, -0.15) is 5.26 Å². The van der Waals surface area contributed by atoms with E-state index < -0.39 is 10.0 Å². The highest BCUT2D eigenvalue weighted by Crippen LogP contribution is 2.41. The number of ether oxygens (including phenoxy) is 1. The number of thiazole rings is 1. The van der Waals surface area contributed by atoms with Gasteiger partial charge in [0, 0.05) is 36.9 Å². The van der Waals surface area contributed by atoms with Gasteiger partial charge in [0.25, 0.3) is 0 Å². The third-order valence-corrected chi connectivity index (χ3v) is 10.2. The van der Waals surface area contributed by atoms with Gasteiger partial charge in [-0.15, -0.1) is 11.3 Å². The van der Waals surface area contributed by atoms with Crippen molar-refractivity contribution in [2.45, 2.75) is 51.3 Å². The first kappa shape index (κ1) is 28.7. The average Bonchev–Trinajstić information content (AvgIpc) is 3.68. The standard InChI is InChI=1S/C30H37N5O3S2/c1-20(2)38-28-11-8-21(16-22(28)17-31)30-32-18-29(39-30)26-7-5-6-25-24(26)9-10-27(25)33-40(36,37)15-14-35-13-12-23(19-35)34(3)4/h5-8,11,16,18,20,23,27,33H,9-10,12-15,19H2,1-4H3/t23-,27-/m0/s1. The predicted molar refractivity (Wildman–Crippen MR) is 160 cm³/mol. The molecule has 1 fully saturated rings. The Hall–Kier alpha value is -2.81. The monoisotopic (exact) mass is 579 g/mol. The van der Waals surface area contributed by atoms with E-state index in [0.29, 0.717) is 23.9 Å². The zero-order chi connectivity index (χ0) is 28.4. The van der Waals surface area contributed by atoms with Crippen LogP contribution >= 0.6 is 11.3 Å². The van der Waals surface area contributed by atoms with Crippen LogP contribution in [-0.4, -0.2) is 74.8 Å². The zero-order valence-corrected chi connectivity index (χ0v) is 25.2. The second kappa shape index (κ2) is 12.0. The van der Waals surface area contributed by atoms with Crippen LogP contribution in [-0.2, 0) is 16.4 Å². The van der Waals surface area contributed by atoms with E-state index in [-0.39, 0.29) is 17.9 Å². The number of nitrogens with zero attached hydrogens (tertiary/aromatic N) is 4. The molecule has 10 heteroatoms. The fourth-order valence-electron chi connectivity index (χ4n) is 5.61. The number of aromatic nitrogens is 1. The molecule has 0 amide bonds. The molecule has 0 spiro atoms. The Balaban J connectivity index is 1.29. The van der Waals surface area contributed by atoms with Crippen molar-refractivity contribution in [3.63, 3.8) is 0 Å². The van der Waals surface area contributed by atoms with Gasteiger partial charge in [0.1, 0.15) is 16.8 Å². The quantitative estimate of drug-likeness (QED) is 0.372. The molecule has 1 aliphatic heterocycles. The number of fused-ring (bicyclic) bond motifs is 1. The van der Waals surface area contributed by atoms with Crippen molar-refractivity contribution >= 4 is 21.4 Å². The molecule has 0 bridgehead atoms. The van der Waals surface area contributed by atoms with Gasteiger partial charge in [0.15, 0.2) is 0 Å². The van der Waals surface area contributed by atoms with Crippen molar-refractivity contribution in [2.75, 3.05) is 39.5 Å². The summed E-state index contributed by atoms with van der Waals surface area (Å²) in [4.78, 5) is 10.2. The van der Waals surface area contributed by atoms with Crippen LogP contribution in [0.15, 0.2) is 42.6 Å². The SMILES string of the molecule is CC(C)Oc1ccc(-c2ncc(-c3cccc4c3CC[C@@H]4NS(=O)(=O)CCN3CC[C@H](N(C)C)C3)s2)cc1C#N. The van der Waals surface area contributed by atoms with Crippen molar-refractivity contribution < 1.29 is 13.2 Å². The van der Waals surface area contributed by atoms with E-state index in [9.17, 15) is 13.7 Å². The predicted octanol–water partition coefficient (Wildman–Crippen LogP) is 4.68. The van der Waals surface area contributed by atoms with E-state index >= 15 is 0 Å². The number of likely N-dealkylation sites (N-methyl/N-ethyl adjacent to an activating group) is 1. The number of hydrogen-bond acceptors (Lipinski definition) is 8. The smallest absolute Gasteiger partial charge is 0.213 e. The minimum absolute atomic E-state index is 0.0150. The third kappa shape index (κ3) is 6.40. The van der Waals surface area contributed by atoms with Crippen molar-refractivity contribution in [2.24, 2.45) is 0 Å². The molecule has 1 aromatic heterocycles. The molecule has 2 aliphatic rings. The number of nitrogens with one attached hydrogen (secondary N) is 1. The van der Waals surface area contributed by atoms with Crippen molar-refractivity contribution in [3.05, 3.63) is 59.3 Å². The van der Waals surface area contributed by atoms with E-state index in [2.05, 4.69) is 45.7 Å². The summed E-state index contributed by atoms with van der Waals surface area (Å²) in [5.41, 5.74) is 4.68. The van der Waals surface area contributed by atoms with Gasteiger partial charge in [-0.25, -0.2) is 18.1 Å². The molecule has 2 atom stereocenters. The first-order chi connectivity index (χ1) is 19.1. The minimum atomic E-state index is -3.41. The molecular weight excluding hydrogens is 542 g/mol. The highest BCUT2D eigenvalue weighted by molar-refractivity contribution is 7.89. The summed E-state index contributed by atoms with van der Waals surface area (Å²) in [6.07, 6.45) is 4.48. The number of hydrogen-bond donors (Lipinski definition) is 1. The van der Waals surface area contributed by atoms with Crippen molar-refractivity contribution in [3.8, 4) is 32.8 Å². The van der Waals surface area contributed by atoms with Crippen LogP contribution in [0.5, 0.6) is 5.75 Å². The number of rotatable bonds is 10. The second-order valence-corrected chi connectivity index (χ2v) is 14.0. The van der Waals surface area contributed by atoms with Gasteiger partial charge in [-0.3, -0.25) is 0 Å². The maximum Gasteiger partial charge on any atom is 0.213 e. The highest BCUT2D eigenvalue weighted by atomic mass is 32.2. The summed E-state index contributed by atoms with van der Waals surface area (Å²) >= 11 is 1.57. The lowest BCUT2D eigenvalue weighted by molar-refractivity contribution is 0.242. The normalized spacial score (nSPS) is 19.3. The Morgan fingerprint density at radius 3 is 2.80 bits per heavy atom. The van der Waals surface area contributed by atoms with Crippen LogP contribution < -0.4 is 9.46 Å². The van der Waals surface area contributed by atoms with E-state index in [1.165, 1.54) is 5.56 Å². The number of likely N-dealkylation sites (tertiary alicyclic amines) is 1. The van der Waals surface area contributed by atoms with Gasteiger partial charge in [0.05, 0.1) is 22.3 Å². The van der Waals surface area contributed by atoms with Crippen LogP contribution in [0, 0.1) is 11.3 Å². The van der Waals surface area contributed by atoms with E-state index in [1.54, 1.807) is 11.3 Å². The molecule has 1 aliphatic carbocycles. The van der Waals surface area contributed by atoms with Crippen molar-refractivity contribution in [1.82, 2.24) is 19.5 Å². The van der Waals surface area contributed by atoms with E-state index in [4.69, 9.17) is 4.74 Å². The van der Waals surface area contributed by atoms with Gasteiger partial charge < -0.3 is 14.5 Å². The molecule has 0 saturated carbocycles. The molecule has 2 heterocycles. The van der Waals surface area contributed by atoms with Crippen LogP contribution in [0.3, 0.4) is 0 Å². The van der Waals surface area contributed by atoms with Crippen molar-refractivity contribution in [1.29, 1.82) is 5.26 Å². The largest absolute Gasteiger partial charge is 0.490 e. The molecule has 40 heavy (non-hydrogen) atoms. The Bertz CT molecular complexity index is 1510. The van der Waals surface area contributed by atoms with Crippen LogP contribution in [0.25, 0.3) is 21.0 Å². The Kier molecular flexibility index (Phi) is 8.59. The summed E-state index contributed by atoms with van der Waals surface area (Å²) < 4.78 is 34.8. The minimum Gasteiger partial charge on any atom is -0.490 e. The summed E-state index contributed by atoms with van der Waals surface area (Å²) in [5.74, 6) is 0.688. The zero-order valence-electron chi connectivity index (χ0n) is 23.6. The molecule has 8 nitrogen and oxygen atoms in total. The van der Waals surface area contributed by atoms with Crippen LogP contribution in [0.2, 0.25) is 0 Å². The number of benzene rings is 2. The first-order valence-electron chi connectivity index (χ1n) is 13.8. The molecule has 2 aromatic carbocycles. The molecule has 0 unspecified atom stereocenters.